The molecule has 2 heterocycles. The lowest BCUT2D eigenvalue weighted by Crippen LogP contribution is -2.37. The highest BCUT2D eigenvalue weighted by Gasteiger charge is 2.27. The average molecular weight is 302 g/mol. The number of nitrogens with zero attached hydrogens (tertiary/aromatic N) is 3. The summed E-state index contributed by atoms with van der Waals surface area (Å²) in [5, 5.41) is 12.9. The van der Waals surface area contributed by atoms with Gasteiger partial charge in [-0.15, -0.1) is 0 Å². The SMILES string of the molecule is O=C(c1cccnc1)N1CCC(=NO)c2cc(Cl)ccc21. The normalized spacial score (nSPS) is 15.9. The average Bonchev–Trinajstić information content (AvgIpc) is 2.54. The van der Waals surface area contributed by atoms with Gasteiger partial charge in [0.05, 0.1) is 17.0 Å². The zero-order valence-electron chi connectivity index (χ0n) is 11.0. The minimum atomic E-state index is -0.135. The zero-order chi connectivity index (χ0) is 14.8. The van der Waals surface area contributed by atoms with E-state index in [1.165, 1.54) is 6.20 Å². The van der Waals surface area contributed by atoms with Crippen molar-refractivity contribution in [2.24, 2.45) is 5.16 Å². The van der Waals surface area contributed by atoms with Gasteiger partial charge in [-0.25, -0.2) is 0 Å². The minimum absolute atomic E-state index is 0.135. The van der Waals surface area contributed by atoms with Gasteiger partial charge in [0.1, 0.15) is 0 Å². The summed E-state index contributed by atoms with van der Waals surface area (Å²) >= 11 is 5.99. The number of pyridine rings is 1. The van der Waals surface area contributed by atoms with Crippen molar-refractivity contribution < 1.29 is 10.0 Å². The first kappa shape index (κ1) is 13.6. The predicted octanol–water partition coefficient (Wildman–Crippen LogP) is 2.96. The summed E-state index contributed by atoms with van der Waals surface area (Å²) in [7, 11) is 0. The third-order valence-electron chi connectivity index (χ3n) is 3.41. The fourth-order valence-corrected chi connectivity index (χ4v) is 2.58. The maximum atomic E-state index is 12.6. The van der Waals surface area contributed by atoms with E-state index in [-0.39, 0.29) is 5.91 Å². The summed E-state index contributed by atoms with van der Waals surface area (Å²) in [6, 6.07) is 8.62. The number of aromatic nitrogens is 1. The summed E-state index contributed by atoms with van der Waals surface area (Å²) in [4.78, 5) is 18.2. The standard InChI is InChI=1S/C15H12ClN3O2/c16-11-3-4-14-12(8-11)13(18-21)5-7-19(14)15(20)10-2-1-6-17-9-10/h1-4,6,8-9,21H,5,7H2. The number of fused-ring (bicyclic) bond motifs is 1. The fourth-order valence-electron chi connectivity index (χ4n) is 2.41. The van der Waals surface area contributed by atoms with Crippen molar-refractivity contribution in [1.82, 2.24) is 4.98 Å². The van der Waals surface area contributed by atoms with Gasteiger partial charge in [-0.3, -0.25) is 9.78 Å². The molecule has 0 fully saturated rings. The Balaban J connectivity index is 2.05. The van der Waals surface area contributed by atoms with Gasteiger partial charge in [-0.05, 0) is 30.3 Å². The summed E-state index contributed by atoms with van der Waals surface area (Å²) in [6.45, 7) is 0.446. The van der Waals surface area contributed by atoms with Crippen molar-refractivity contribution in [2.45, 2.75) is 6.42 Å². The van der Waals surface area contributed by atoms with Crippen molar-refractivity contribution in [3.8, 4) is 0 Å². The molecule has 106 valence electrons. The second-order valence-corrected chi connectivity index (χ2v) is 5.09. The summed E-state index contributed by atoms with van der Waals surface area (Å²) in [5.74, 6) is -0.135. The Bertz CT molecular complexity index is 716. The van der Waals surface area contributed by atoms with Crippen LogP contribution < -0.4 is 4.90 Å². The van der Waals surface area contributed by atoms with Crippen LogP contribution in [0.4, 0.5) is 5.69 Å². The Morgan fingerprint density at radius 2 is 2.24 bits per heavy atom. The summed E-state index contributed by atoms with van der Waals surface area (Å²) in [6.07, 6.45) is 3.63. The molecule has 2 aromatic rings. The van der Waals surface area contributed by atoms with Crippen molar-refractivity contribution >= 4 is 28.9 Å². The zero-order valence-corrected chi connectivity index (χ0v) is 11.8. The third-order valence-corrected chi connectivity index (χ3v) is 3.64. The van der Waals surface area contributed by atoms with E-state index in [9.17, 15) is 4.79 Å². The number of benzene rings is 1. The van der Waals surface area contributed by atoms with E-state index in [2.05, 4.69) is 10.1 Å². The number of rotatable bonds is 1. The molecule has 1 aromatic carbocycles. The van der Waals surface area contributed by atoms with E-state index in [0.29, 0.717) is 40.5 Å². The Morgan fingerprint density at radius 1 is 1.38 bits per heavy atom. The molecular formula is C15H12ClN3O2. The van der Waals surface area contributed by atoms with Crippen molar-refractivity contribution in [2.75, 3.05) is 11.4 Å². The first-order valence-corrected chi connectivity index (χ1v) is 6.81. The second kappa shape index (κ2) is 5.54. The molecule has 0 saturated heterocycles. The van der Waals surface area contributed by atoms with Gasteiger partial charge >= 0.3 is 0 Å². The van der Waals surface area contributed by atoms with E-state index in [1.54, 1.807) is 41.4 Å². The molecule has 0 spiro atoms. The molecule has 5 nitrogen and oxygen atoms in total. The van der Waals surface area contributed by atoms with Crippen LogP contribution in [0.1, 0.15) is 22.3 Å². The predicted molar refractivity (Wildman–Crippen MR) is 80.3 cm³/mol. The topological polar surface area (TPSA) is 65.8 Å². The van der Waals surface area contributed by atoms with Crippen LogP contribution in [0.2, 0.25) is 5.02 Å². The van der Waals surface area contributed by atoms with Crippen LogP contribution >= 0.6 is 11.6 Å². The Labute approximate surface area is 126 Å². The third kappa shape index (κ3) is 2.48. The fraction of sp³-hybridized carbons (Fsp3) is 0.133. The molecule has 0 atom stereocenters. The molecular weight excluding hydrogens is 290 g/mol. The molecule has 21 heavy (non-hydrogen) atoms. The molecule has 1 N–H and O–H groups in total. The van der Waals surface area contributed by atoms with Gasteiger partial charge < -0.3 is 10.1 Å². The highest BCUT2D eigenvalue weighted by atomic mass is 35.5. The number of carbonyl (C=O) groups excluding carboxylic acids is 1. The number of hydrogen-bond acceptors (Lipinski definition) is 4. The quantitative estimate of drug-likeness (QED) is 0.650. The van der Waals surface area contributed by atoms with Gasteiger partial charge in [-0.2, -0.15) is 0 Å². The first-order chi connectivity index (χ1) is 10.2. The Kier molecular flexibility index (Phi) is 3.58. The second-order valence-electron chi connectivity index (χ2n) is 4.66. The molecule has 0 unspecified atom stereocenters. The van der Waals surface area contributed by atoms with E-state index in [1.807, 2.05) is 0 Å². The van der Waals surface area contributed by atoms with Gasteiger partial charge in [0.15, 0.2) is 0 Å². The van der Waals surface area contributed by atoms with Crippen LogP contribution in [0.25, 0.3) is 0 Å². The first-order valence-electron chi connectivity index (χ1n) is 6.43. The maximum Gasteiger partial charge on any atom is 0.259 e. The Morgan fingerprint density at radius 3 is 2.95 bits per heavy atom. The van der Waals surface area contributed by atoms with E-state index in [4.69, 9.17) is 16.8 Å². The van der Waals surface area contributed by atoms with Crippen LogP contribution in [0.5, 0.6) is 0 Å². The van der Waals surface area contributed by atoms with Crippen LogP contribution in [0.15, 0.2) is 47.9 Å². The molecule has 0 aliphatic carbocycles. The van der Waals surface area contributed by atoms with Crippen LogP contribution in [-0.2, 0) is 0 Å². The monoisotopic (exact) mass is 301 g/mol. The van der Waals surface area contributed by atoms with Crippen molar-refractivity contribution in [1.29, 1.82) is 0 Å². The summed E-state index contributed by atoms with van der Waals surface area (Å²) < 4.78 is 0. The van der Waals surface area contributed by atoms with Gasteiger partial charge in [0.25, 0.3) is 5.91 Å². The van der Waals surface area contributed by atoms with Gasteiger partial charge in [0.2, 0.25) is 0 Å². The summed E-state index contributed by atoms with van der Waals surface area (Å²) in [5.41, 5.74) is 2.41. The lowest BCUT2D eigenvalue weighted by atomic mass is 9.99. The van der Waals surface area contributed by atoms with Crippen LogP contribution in [0, 0.1) is 0 Å². The smallest absolute Gasteiger partial charge is 0.259 e. The number of hydrogen-bond donors (Lipinski definition) is 1. The molecule has 0 saturated carbocycles. The molecule has 1 amide bonds. The lowest BCUT2D eigenvalue weighted by Gasteiger charge is -2.30. The largest absolute Gasteiger partial charge is 0.411 e. The molecule has 1 aliphatic rings. The molecule has 3 rings (SSSR count). The maximum absolute atomic E-state index is 12.6. The lowest BCUT2D eigenvalue weighted by molar-refractivity contribution is 0.0986. The number of halogens is 1. The van der Waals surface area contributed by atoms with E-state index in [0.717, 1.165) is 0 Å². The van der Waals surface area contributed by atoms with Gasteiger partial charge in [-0.1, -0.05) is 16.8 Å². The molecule has 1 aromatic heterocycles. The van der Waals surface area contributed by atoms with Gasteiger partial charge in [0, 0.05) is 35.9 Å². The van der Waals surface area contributed by atoms with Crippen molar-refractivity contribution in [3.63, 3.8) is 0 Å². The molecule has 0 radical (unpaired) electrons. The number of amides is 1. The minimum Gasteiger partial charge on any atom is -0.411 e. The highest BCUT2D eigenvalue weighted by molar-refractivity contribution is 6.31. The highest BCUT2D eigenvalue weighted by Crippen LogP contribution is 2.31. The van der Waals surface area contributed by atoms with Crippen molar-refractivity contribution in [3.05, 3.63) is 58.9 Å². The molecule has 1 aliphatic heterocycles. The number of carbonyl (C=O) groups is 1. The van der Waals surface area contributed by atoms with E-state index >= 15 is 0 Å². The van der Waals surface area contributed by atoms with Crippen LogP contribution in [-0.4, -0.2) is 28.4 Å². The Hall–Kier alpha value is -2.40. The van der Waals surface area contributed by atoms with Crippen LogP contribution in [0.3, 0.4) is 0 Å². The molecule has 0 bridgehead atoms. The molecule has 6 heteroatoms. The number of anilines is 1. The number of oxime groups is 1. The van der Waals surface area contributed by atoms with E-state index < -0.39 is 0 Å².